The van der Waals surface area contributed by atoms with E-state index in [1.54, 1.807) is 13.1 Å². The normalized spacial score (nSPS) is 12.6. The molecule has 0 spiro atoms. The molecule has 1 atom stereocenters. The Morgan fingerprint density at radius 2 is 2.15 bits per heavy atom. The fraction of sp³-hybridized carbons (Fsp3) is 0.429. The van der Waals surface area contributed by atoms with Gasteiger partial charge in [-0.2, -0.15) is 0 Å². The molecule has 1 aromatic heterocycles. The smallest absolute Gasteiger partial charge is 0.162 e. The van der Waals surface area contributed by atoms with Crippen molar-refractivity contribution in [1.82, 2.24) is 14.9 Å². The van der Waals surface area contributed by atoms with Crippen molar-refractivity contribution in [2.75, 3.05) is 7.05 Å². The highest BCUT2D eigenvalue weighted by Crippen LogP contribution is 2.26. The number of aromatic nitrogens is 2. The molecule has 2 aromatic rings. The van der Waals surface area contributed by atoms with Crippen LogP contribution in [0.4, 0.5) is 8.78 Å². The summed E-state index contributed by atoms with van der Waals surface area (Å²) in [5.41, 5.74) is 1.30. The lowest BCUT2D eigenvalue weighted by atomic mass is 10.0. The van der Waals surface area contributed by atoms with Gasteiger partial charge in [0, 0.05) is 6.04 Å². The van der Waals surface area contributed by atoms with Crippen LogP contribution in [0.1, 0.15) is 35.5 Å². The van der Waals surface area contributed by atoms with Gasteiger partial charge < -0.3 is 5.32 Å². The number of halogens is 2. The minimum Gasteiger partial charge on any atom is -0.312 e. The Morgan fingerprint density at radius 1 is 1.35 bits per heavy atom. The van der Waals surface area contributed by atoms with E-state index in [2.05, 4.69) is 21.8 Å². The first-order valence-electron chi connectivity index (χ1n) is 6.58. The van der Waals surface area contributed by atoms with E-state index in [4.69, 9.17) is 0 Å². The van der Waals surface area contributed by atoms with E-state index in [1.165, 1.54) is 17.6 Å². The van der Waals surface area contributed by atoms with Gasteiger partial charge >= 0.3 is 0 Å². The molecule has 0 fully saturated rings. The summed E-state index contributed by atoms with van der Waals surface area (Å²) in [5.74, 6) is -1.59. The Morgan fingerprint density at radius 3 is 2.85 bits per heavy atom. The van der Waals surface area contributed by atoms with Gasteiger partial charge in [0.15, 0.2) is 11.6 Å². The molecule has 0 bridgehead atoms. The zero-order chi connectivity index (χ0) is 14.5. The number of rotatable bonds is 6. The quantitative estimate of drug-likeness (QED) is 0.889. The highest BCUT2D eigenvalue weighted by molar-refractivity contribution is 7.05. The number of aryl methyl sites for hydroxylation is 1. The molecule has 0 saturated heterocycles. The minimum atomic E-state index is -0.812. The number of nitrogens with zero attached hydrogens (tertiary/aromatic N) is 2. The third kappa shape index (κ3) is 3.19. The molecule has 1 aromatic carbocycles. The standard InChI is InChI=1S/C14H17F2N3S/c1-3-5-11-14(20-19-18-11)12(17-2)8-9-6-4-7-10(15)13(9)16/h4,6-7,12,17H,3,5,8H2,1-2H3. The molecule has 6 heteroatoms. The molecule has 2 rings (SSSR count). The van der Waals surface area contributed by atoms with E-state index in [0.717, 1.165) is 29.5 Å². The van der Waals surface area contributed by atoms with Crippen LogP contribution in [0.3, 0.4) is 0 Å². The van der Waals surface area contributed by atoms with Crippen molar-refractivity contribution in [2.45, 2.75) is 32.2 Å². The van der Waals surface area contributed by atoms with Gasteiger partial charge in [-0.15, -0.1) is 5.10 Å². The van der Waals surface area contributed by atoms with Crippen LogP contribution in [0.5, 0.6) is 0 Å². The number of hydrogen-bond acceptors (Lipinski definition) is 4. The molecule has 1 unspecified atom stereocenters. The van der Waals surface area contributed by atoms with Gasteiger partial charge in [0.05, 0.1) is 10.6 Å². The topological polar surface area (TPSA) is 37.8 Å². The molecule has 1 N–H and O–H groups in total. The zero-order valence-electron chi connectivity index (χ0n) is 11.5. The van der Waals surface area contributed by atoms with Gasteiger partial charge in [-0.1, -0.05) is 30.0 Å². The molecule has 108 valence electrons. The number of benzene rings is 1. The molecule has 1 heterocycles. The van der Waals surface area contributed by atoms with Crippen LogP contribution in [0.25, 0.3) is 0 Å². The van der Waals surface area contributed by atoms with Gasteiger partial charge in [0.2, 0.25) is 0 Å². The van der Waals surface area contributed by atoms with E-state index >= 15 is 0 Å². The van der Waals surface area contributed by atoms with Crippen molar-refractivity contribution in [3.05, 3.63) is 46.0 Å². The maximum atomic E-state index is 13.8. The fourth-order valence-corrected chi connectivity index (χ4v) is 2.95. The molecule has 0 aliphatic heterocycles. The summed E-state index contributed by atoms with van der Waals surface area (Å²) in [6, 6.07) is 4.16. The lowest BCUT2D eigenvalue weighted by Crippen LogP contribution is -2.20. The molecule has 0 saturated carbocycles. The van der Waals surface area contributed by atoms with Crippen LogP contribution in [0.15, 0.2) is 18.2 Å². The first-order valence-corrected chi connectivity index (χ1v) is 7.36. The Bertz CT molecular complexity index is 571. The lowest BCUT2D eigenvalue weighted by molar-refractivity contribution is 0.487. The molecule has 0 aliphatic rings. The zero-order valence-corrected chi connectivity index (χ0v) is 12.3. The van der Waals surface area contributed by atoms with Crippen LogP contribution in [0.2, 0.25) is 0 Å². The number of hydrogen-bond donors (Lipinski definition) is 1. The summed E-state index contributed by atoms with van der Waals surface area (Å²) in [6.45, 7) is 2.07. The molecule has 0 amide bonds. The third-order valence-corrected chi connectivity index (χ3v) is 4.07. The van der Waals surface area contributed by atoms with Gasteiger partial charge in [-0.3, -0.25) is 0 Å². The monoisotopic (exact) mass is 297 g/mol. The van der Waals surface area contributed by atoms with Crippen LogP contribution < -0.4 is 5.32 Å². The lowest BCUT2D eigenvalue weighted by Gasteiger charge is -2.16. The second-order valence-electron chi connectivity index (χ2n) is 4.59. The average molecular weight is 297 g/mol. The summed E-state index contributed by atoms with van der Waals surface area (Å²) in [7, 11) is 1.80. The molecular weight excluding hydrogens is 280 g/mol. The van der Waals surface area contributed by atoms with Crippen molar-refractivity contribution >= 4 is 11.5 Å². The maximum absolute atomic E-state index is 13.8. The second-order valence-corrected chi connectivity index (χ2v) is 5.38. The summed E-state index contributed by atoms with van der Waals surface area (Å²) in [4.78, 5) is 0.998. The van der Waals surface area contributed by atoms with Crippen molar-refractivity contribution in [3.8, 4) is 0 Å². The molecule has 0 aliphatic carbocycles. The summed E-state index contributed by atoms with van der Waals surface area (Å²) < 4.78 is 31.0. The van der Waals surface area contributed by atoms with Crippen molar-refractivity contribution < 1.29 is 8.78 Å². The highest BCUT2D eigenvalue weighted by Gasteiger charge is 2.20. The van der Waals surface area contributed by atoms with Crippen LogP contribution in [-0.2, 0) is 12.8 Å². The molecule has 0 radical (unpaired) electrons. The second kappa shape index (κ2) is 6.85. The minimum absolute atomic E-state index is 0.104. The fourth-order valence-electron chi connectivity index (χ4n) is 2.14. The Labute approximate surface area is 121 Å². The Hall–Kier alpha value is -1.40. The summed E-state index contributed by atoms with van der Waals surface area (Å²) in [5, 5.41) is 7.26. The predicted octanol–water partition coefficient (Wildman–Crippen LogP) is 3.27. The maximum Gasteiger partial charge on any atom is 0.162 e. The molecule has 20 heavy (non-hydrogen) atoms. The van der Waals surface area contributed by atoms with Crippen LogP contribution >= 0.6 is 11.5 Å². The van der Waals surface area contributed by atoms with E-state index in [-0.39, 0.29) is 6.04 Å². The van der Waals surface area contributed by atoms with Crippen LogP contribution in [-0.4, -0.2) is 16.6 Å². The van der Waals surface area contributed by atoms with E-state index in [0.29, 0.717) is 12.0 Å². The van der Waals surface area contributed by atoms with E-state index in [9.17, 15) is 8.78 Å². The summed E-state index contributed by atoms with van der Waals surface area (Å²) >= 11 is 1.31. The average Bonchev–Trinajstić information content (AvgIpc) is 2.89. The van der Waals surface area contributed by atoms with Gasteiger partial charge in [0.1, 0.15) is 0 Å². The first-order chi connectivity index (χ1) is 9.67. The van der Waals surface area contributed by atoms with Gasteiger partial charge in [0.25, 0.3) is 0 Å². The largest absolute Gasteiger partial charge is 0.312 e. The van der Waals surface area contributed by atoms with E-state index in [1.807, 2.05) is 0 Å². The SMILES string of the molecule is CCCc1nnsc1C(Cc1cccc(F)c1F)NC. The number of nitrogens with one attached hydrogen (secondary N) is 1. The van der Waals surface area contributed by atoms with Crippen molar-refractivity contribution in [2.24, 2.45) is 0 Å². The Balaban J connectivity index is 2.24. The third-order valence-electron chi connectivity index (χ3n) is 3.19. The first kappa shape index (κ1) is 15.0. The number of likely N-dealkylation sites (N-methyl/N-ethyl adjacent to an activating group) is 1. The Kier molecular flexibility index (Phi) is 5.14. The van der Waals surface area contributed by atoms with Crippen molar-refractivity contribution in [3.63, 3.8) is 0 Å². The molecular formula is C14H17F2N3S. The predicted molar refractivity (Wildman–Crippen MR) is 75.8 cm³/mol. The van der Waals surface area contributed by atoms with Gasteiger partial charge in [-0.05, 0) is 43.1 Å². The van der Waals surface area contributed by atoms with Gasteiger partial charge in [-0.25, -0.2) is 8.78 Å². The highest BCUT2D eigenvalue weighted by atomic mass is 32.1. The molecule has 3 nitrogen and oxygen atoms in total. The van der Waals surface area contributed by atoms with E-state index < -0.39 is 11.6 Å². The summed E-state index contributed by atoms with van der Waals surface area (Å²) in [6.07, 6.45) is 2.19. The van der Waals surface area contributed by atoms with Crippen molar-refractivity contribution in [1.29, 1.82) is 0 Å². The van der Waals surface area contributed by atoms with Crippen LogP contribution in [0, 0.1) is 11.6 Å².